The van der Waals surface area contributed by atoms with Crippen molar-refractivity contribution < 1.29 is 0 Å². The van der Waals surface area contributed by atoms with Gasteiger partial charge in [-0.25, -0.2) is 15.0 Å². The molecule has 0 bridgehead atoms. The molecule has 3 heterocycles. The van der Waals surface area contributed by atoms with E-state index in [-0.39, 0.29) is 5.41 Å². The van der Waals surface area contributed by atoms with Crippen molar-refractivity contribution in [2.24, 2.45) is 0 Å². The summed E-state index contributed by atoms with van der Waals surface area (Å²) in [6.07, 6.45) is 1.78. The van der Waals surface area contributed by atoms with Crippen molar-refractivity contribution in [3.05, 3.63) is 179 Å². The molecule has 5 aromatic carbocycles. The van der Waals surface area contributed by atoms with Crippen LogP contribution in [-0.2, 0) is 10.8 Å². The van der Waals surface area contributed by atoms with Gasteiger partial charge in [-0.2, -0.15) is 0 Å². The molecule has 0 saturated carbocycles. The number of fused-ring (bicyclic) bond motifs is 8. The van der Waals surface area contributed by atoms with Gasteiger partial charge < -0.3 is 0 Å². The van der Waals surface area contributed by atoms with Gasteiger partial charge in [0.1, 0.15) is 5.69 Å². The molecule has 2 aliphatic rings. The van der Waals surface area contributed by atoms with E-state index in [0.29, 0.717) is 23.2 Å². The summed E-state index contributed by atoms with van der Waals surface area (Å²) in [7, 11) is 0. The summed E-state index contributed by atoms with van der Waals surface area (Å²) in [6.45, 7) is 4.69. The average Bonchev–Trinajstić information content (AvgIpc) is 3.14. The van der Waals surface area contributed by atoms with Crippen LogP contribution < -0.4 is 0 Å². The molecule has 1 aliphatic heterocycles. The average molecular weight is 623 g/mol. The zero-order valence-corrected chi connectivity index (χ0v) is 26.9. The van der Waals surface area contributed by atoms with Gasteiger partial charge in [-0.3, -0.25) is 4.98 Å². The Morgan fingerprint density at radius 3 is 1.68 bits per heavy atom. The summed E-state index contributed by atoms with van der Waals surface area (Å²) in [4.78, 5) is 22.1. The normalized spacial score (nSPS) is 14.9. The maximum atomic E-state index is 5.06. The van der Waals surface area contributed by atoms with Crippen molar-refractivity contribution in [2.75, 3.05) is 0 Å². The molecular weight excluding hydrogens is 593 g/mol. The third kappa shape index (κ3) is 4.16. The fraction of sp³-hybridized carbons (Fsp3) is 0.0952. The third-order valence-electron chi connectivity index (χ3n) is 9.72. The van der Waals surface area contributed by atoms with Gasteiger partial charge in [-0.05, 0) is 63.7 Å². The lowest BCUT2D eigenvalue weighted by Crippen LogP contribution is -2.43. The van der Waals surface area contributed by atoms with Crippen molar-refractivity contribution >= 4 is 11.8 Å². The Balaban J connectivity index is 1.33. The van der Waals surface area contributed by atoms with Gasteiger partial charge in [0.2, 0.25) is 0 Å². The SMILES string of the molecule is CC1(C)c2ccccc2C2(c3ccccc3Sc3ccccc32)c2ccc(-c3nc(-c4ccccc4)nc(-c4ccccn4)n3)cc21. The first-order valence-corrected chi connectivity index (χ1v) is 16.7. The van der Waals surface area contributed by atoms with Gasteiger partial charge >= 0.3 is 0 Å². The lowest BCUT2D eigenvalue weighted by atomic mass is 9.54. The van der Waals surface area contributed by atoms with Crippen LogP contribution in [0.3, 0.4) is 0 Å². The highest BCUT2D eigenvalue weighted by Crippen LogP contribution is 2.61. The number of hydrogen-bond donors (Lipinski definition) is 0. The summed E-state index contributed by atoms with van der Waals surface area (Å²) < 4.78 is 0. The maximum Gasteiger partial charge on any atom is 0.182 e. The van der Waals surface area contributed by atoms with Crippen molar-refractivity contribution in [1.82, 2.24) is 19.9 Å². The molecule has 0 amide bonds. The number of benzene rings is 5. The Bertz CT molecular complexity index is 2210. The molecule has 2 aromatic heterocycles. The Kier molecular flexibility index (Phi) is 6.28. The van der Waals surface area contributed by atoms with E-state index in [1.54, 1.807) is 6.20 Å². The highest BCUT2D eigenvalue weighted by molar-refractivity contribution is 7.99. The first-order valence-electron chi connectivity index (χ1n) is 15.9. The van der Waals surface area contributed by atoms with E-state index in [2.05, 4.69) is 110 Å². The van der Waals surface area contributed by atoms with Gasteiger partial charge in [0.05, 0.1) is 5.41 Å². The number of nitrogens with zero attached hydrogens (tertiary/aromatic N) is 4. The van der Waals surface area contributed by atoms with Crippen LogP contribution in [-0.4, -0.2) is 19.9 Å². The molecule has 4 nitrogen and oxygen atoms in total. The van der Waals surface area contributed by atoms with E-state index < -0.39 is 5.41 Å². The second-order valence-electron chi connectivity index (χ2n) is 12.7. The summed E-state index contributed by atoms with van der Waals surface area (Å²) in [6, 6.07) is 49.6. The minimum atomic E-state index is -0.466. The maximum absolute atomic E-state index is 5.06. The second-order valence-corrected chi connectivity index (χ2v) is 13.7. The zero-order chi connectivity index (χ0) is 31.6. The molecule has 5 heteroatoms. The van der Waals surface area contributed by atoms with Gasteiger partial charge in [-0.15, -0.1) is 0 Å². The predicted octanol–water partition coefficient (Wildman–Crippen LogP) is 9.75. The molecule has 0 N–H and O–H groups in total. The Morgan fingerprint density at radius 1 is 0.447 bits per heavy atom. The van der Waals surface area contributed by atoms with Crippen LogP contribution in [0.4, 0.5) is 0 Å². The van der Waals surface area contributed by atoms with Crippen LogP contribution in [0.5, 0.6) is 0 Å². The van der Waals surface area contributed by atoms with Crippen molar-refractivity contribution in [3.8, 4) is 34.3 Å². The van der Waals surface area contributed by atoms with E-state index in [4.69, 9.17) is 15.0 Å². The van der Waals surface area contributed by atoms with Crippen LogP contribution >= 0.6 is 11.8 Å². The first kappa shape index (κ1) is 27.9. The Labute approximate surface area is 278 Å². The molecule has 0 fully saturated rings. The van der Waals surface area contributed by atoms with Gasteiger partial charge in [0.25, 0.3) is 0 Å². The molecule has 1 aliphatic carbocycles. The fourth-order valence-corrected chi connectivity index (χ4v) is 8.77. The summed E-state index contributed by atoms with van der Waals surface area (Å²) in [5.41, 5.74) is 9.75. The van der Waals surface area contributed by atoms with Gasteiger partial charge in [0, 0.05) is 32.5 Å². The third-order valence-corrected chi connectivity index (χ3v) is 10.9. The molecule has 1 spiro atoms. The molecule has 0 radical (unpaired) electrons. The van der Waals surface area contributed by atoms with Crippen LogP contribution in [0, 0.1) is 0 Å². The number of hydrogen-bond acceptors (Lipinski definition) is 5. The van der Waals surface area contributed by atoms with Gasteiger partial charge in [0.15, 0.2) is 17.5 Å². The lowest BCUT2D eigenvalue weighted by molar-refractivity contribution is 0.549. The molecule has 7 aromatic rings. The summed E-state index contributed by atoms with van der Waals surface area (Å²) in [5.74, 6) is 1.81. The van der Waals surface area contributed by atoms with Crippen molar-refractivity contribution in [1.29, 1.82) is 0 Å². The van der Waals surface area contributed by atoms with E-state index >= 15 is 0 Å². The molecule has 0 unspecified atom stereocenters. The molecule has 0 saturated heterocycles. The monoisotopic (exact) mass is 622 g/mol. The fourth-order valence-electron chi connectivity index (χ4n) is 7.58. The molecule has 9 rings (SSSR count). The number of rotatable bonds is 3. The summed E-state index contributed by atoms with van der Waals surface area (Å²) in [5, 5.41) is 0. The van der Waals surface area contributed by atoms with Crippen LogP contribution in [0.2, 0.25) is 0 Å². The lowest BCUT2D eigenvalue weighted by Gasteiger charge is -2.50. The molecular formula is C42H30N4S. The van der Waals surface area contributed by atoms with E-state index in [1.165, 1.54) is 43.2 Å². The van der Waals surface area contributed by atoms with E-state index in [1.807, 2.05) is 60.3 Å². The molecule has 0 atom stereocenters. The molecule has 224 valence electrons. The number of pyridine rings is 1. The predicted molar refractivity (Wildman–Crippen MR) is 188 cm³/mol. The first-order chi connectivity index (χ1) is 23.0. The Hall–Kier alpha value is -5.39. The minimum Gasteiger partial charge on any atom is -0.253 e. The van der Waals surface area contributed by atoms with E-state index in [0.717, 1.165) is 11.1 Å². The second kappa shape index (κ2) is 10.6. The quantitative estimate of drug-likeness (QED) is 0.196. The van der Waals surface area contributed by atoms with Crippen LogP contribution in [0.15, 0.2) is 156 Å². The Morgan fingerprint density at radius 2 is 1.00 bits per heavy atom. The highest BCUT2D eigenvalue weighted by Gasteiger charge is 2.52. The van der Waals surface area contributed by atoms with Crippen molar-refractivity contribution in [2.45, 2.75) is 34.5 Å². The van der Waals surface area contributed by atoms with Crippen LogP contribution in [0.1, 0.15) is 47.2 Å². The van der Waals surface area contributed by atoms with Crippen molar-refractivity contribution in [3.63, 3.8) is 0 Å². The molecule has 47 heavy (non-hydrogen) atoms. The minimum absolute atomic E-state index is 0.277. The summed E-state index contributed by atoms with van der Waals surface area (Å²) >= 11 is 1.87. The zero-order valence-electron chi connectivity index (χ0n) is 26.1. The van der Waals surface area contributed by atoms with Crippen LogP contribution in [0.25, 0.3) is 34.3 Å². The van der Waals surface area contributed by atoms with Gasteiger partial charge in [-0.1, -0.05) is 135 Å². The topological polar surface area (TPSA) is 51.6 Å². The number of aromatic nitrogens is 4. The highest BCUT2D eigenvalue weighted by atomic mass is 32.2. The smallest absolute Gasteiger partial charge is 0.182 e. The largest absolute Gasteiger partial charge is 0.253 e. The standard InChI is InChI=1S/C42H30N4S/c1-41(2)29-16-6-7-17-30(29)42(32-18-8-10-21-36(32)47-37-22-11-9-19-33(37)42)31-24-23-28(26-34(31)41)39-44-38(27-14-4-3-5-15-27)45-40(46-39)35-20-12-13-25-43-35/h3-26H,1-2H3. The van der Waals surface area contributed by atoms with E-state index in [9.17, 15) is 0 Å².